The van der Waals surface area contributed by atoms with Crippen LogP contribution in [0.4, 0.5) is 0 Å². The summed E-state index contributed by atoms with van der Waals surface area (Å²) in [6.07, 6.45) is 2.96. The van der Waals surface area contributed by atoms with Crippen molar-refractivity contribution in [2.45, 2.75) is 12.8 Å². The van der Waals surface area contributed by atoms with E-state index in [0.717, 1.165) is 36.1 Å². The molecular weight excluding hydrogens is 276 g/mol. The molecule has 6 heteroatoms. The van der Waals surface area contributed by atoms with Crippen molar-refractivity contribution in [1.29, 1.82) is 0 Å². The highest BCUT2D eigenvalue weighted by Gasteiger charge is 2.17. The number of hydrogen-bond donors (Lipinski definition) is 1. The fraction of sp³-hybridized carbons (Fsp3) is 0.429. The number of hydrogen-bond acceptors (Lipinski definition) is 5. The maximum atomic E-state index is 11.9. The van der Waals surface area contributed by atoms with Gasteiger partial charge in [-0.2, -0.15) is 0 Å². The Balaban J connectivity index is 1.51. The highest BCUT2D eigenvalue weighted by Crippen LogP contribution is 2.24. The second kappa shape index (κ2) is 6.19. The molecule has 2 aromatic heterocycles. The van der Waals surface area contributed by atoms with Crippen LogP contribution in [0.3, 0.4) is 0 Å². The van der Waals surface area contributed by atoms with Crippen molar-refractivity contribution >= 4 is 17.2 Å². The number of ether oxygens (including phenoxy) is 1. The average Bonchev–Trinajstić information content (AvgIpc) is 3.18. The Morgan fingerprint density at radius 1 is 1.55 bits per heavy atom. The van der Waals surface area contributed by atoms with Crippen LogP contribution in [-0.4, -0.2) is 30.6 Å². The van der Waals surface area contributed by atoms with Crippen molar-refractivity contribution in [2.75, 3.05) is 19.8 Å². The smallest absolute Gasteiger partial charge is 0.226 e. The third-order valence-corrected chi connectivity index (χ3v) is 4.14. The second-order valence-electron chi connectivity index (χ2n) is 4.83. The molecule has 1 N–H and O–H groups in total. The first-order chi connectivity index (χ1) is 9.81. The molecule has 0 spiro atoms. The summed E-state index contributed by atoms with van der Waals surface area (Å²) in [5.74, 6) is 1.20. The van der Waals surface area contributed by atoms with Crippen LogP contribution in [-0.2, 0) is 16.0 Å². The van der Waals surface area contributed by atoms with Crippen LogP contribution in [0.15, 0.2) is 28.2 Å². The quantitative estimate of drug-likeness (QED) is 0.916. The van der Waals surface area contributed by atoms with Crippen molar-refractivity contribution in [3.63, 3.8) is 0 Å². The summed E-state index contributed by atoms with van der Waals surface area (Å²) < 4.78 is 10.6. The first-order valence-electron chi connectivity index (χ1n) is 6.64. The number of nitrogens with one attached hydrogen (secondary N) is 1. The monoisotopic (exact) mass is 292 g/mol. The second-order valence-corrected chi connectivity index (χ2v) is 5.69. The molecule has 106 valence electrons. The Bertz CT molecular complexity index is 559. The van der Waals surface area contributed by atoms with E-state index in [0.29, 0.717) is 18.9 Å². The largest absolute Gasteiger partial charge is 0.462 e. The third kappa shape index (κ3) is 3.26. The first-order valence-corrected chi connectivity index (χ1v) is 7.52. The molecule has 3 rings (SSSR count). The highest BCUT2D eigenvalue weighted by molar-refractivity contribution is 7.13. The van der Waals surface area contributed by atoms with Gasteiger partial charge in [-0.25, -0.2) is 4.98 Å². The van der Waals surface area contributed by atoms with Gasteiger partial charge in [0, 0.05) is 24.4 Å². The van der Waals surface area contributed by atoms with Crippen LogP contribution >= 0.6 is 11.3 Å². The molecule has 0 bridgehead atoms. The van der Waals surface area contributed by atoms with Crippen LogP contribution in [0.1, 0.15) is 12.1 Å². The van der Waals surface area contributed by atoms with E-state index in [1.165, 1.54) is 11.3 Å². The van der Waals surface area contributed by atoms with Gasteiger partial charge in [0.05, 0.1) is 25.0 Å². The Hall–Kier alpha value is -1.66. The SMILES string of the molecule is O=C(Cc1csc(-c2ccco2)n1)NCC1CCOC1. The van der Waals surface area contributed by atoms with Crippen molar-refractivity contribution in [3.05, 3.63) is 29.5 Å². The van der Waals surface area contributed by atoms with Crippen LogP contribution in [0.25, 0.3) is 10.8 Å². The molecule has 0 aromatic carbocycles. The predicted octanol–water partition coefficient (Wildman–Crippen LogP) is 2.10. The Labute approximate surface area is 121 Å². The van der Waals surface area contributed by atoms with Crippen LogP contribution in [0.5, 0.6) is 0 Å². The topological polar surface area (TPSA) is 64.4 Å². The third-order valence-electron chi connectivity index (χ3n) is 3.24. The van der Waals surface area contributed by atoms with Gasteiger partial charge in [-0.15, -0.1) is 11.3 Å². The van der Waals surface area contributed by atoms with E-state index < -0.39 is 0 Å². The molecule has 1 aliphatic rings. The zero-order chi connectivity index (χ0) is 13.8. The van der Waals surface area contributed by atoms with E-state index in [-0.39, 0.29) is 5.91 Å². The van der Waals surface area contributed by atoms with Gasteiger partial charge in [0.1, 0.15) is 0 Å². The highest BCUT2D eigenvalue weighted by atomic mass is 32.1. The molecule has 1 unspecified atom stereocenters. The summed E-state index contributed by atoms with van der Waals surface area (Å²) in [7, 11) is 0. The Morgan fingerprint density at radius 2 is 2.50 bits per heavy atom. The first kappa shape index (κ1) is 13.3. The van der Waals surface area contributed by atoms with E-state index in [1.807, 2.05) is 17.5 Å². The minimum Gasteiger partial charge on any atom is -0.462 e. The number of furan rings is 1. The Morgan fingerprint density at radius 3 is 3.25 bits per heavy atom. The molecule has 1 atom stereocenters. The maximum absolute atomic E-state index is 11.9. The van der Waals surface area contributed by atoms with Crippen LogP contribution < -0.4 is 5.32 Å². The van der Waals surface area contributed by atoms with Gasteiger partial charge in [-0.05, 0) is 18.6 Å². The number of carbonyl (C=O) groups is 1. The maximum Gasteiger partial charge on any atom is 0.226 e. The molecule has 1 fully saturated rings. The van der Waals surface area contributed by atoms with Gasteiger partial charge >= 0.3 is 0 Å². The number of rotatable bonds is 5. The molecular formula is C14H16N2O3S. The molecule has 1 amide bonds. The van der Waals surface area contributed by atoms with Gasteiger partial charge in [-0.3, -0.25) is 4.79 Å². The normalized spacial score (nSPS) is 18.3. The summed E-state index contributed by atoms with van der Waals surface area (Å²) in [5.41, 5.74) is 0.779. The summed E-state index contributed by atoms with van der Waals surface area (Å²) in [6, 6.07) is 3.69. The van der Waals surface area contributed by atoms with Crippen molar-refractivity contribution in [1.82, 2.24) is 10.3 Å². The lowest BCUT2D eigenvalue weighted by molar-refractivity contribution is -0.120. The lowest BCUT2D eigenvalue weighted by Crippen LogP contribution is -2.30. The number of amides is 1. The van der Waals surface area contributed by atoms with Crippen molar-refractivity contribution in [2.24, 2.45) is 5.92 Å². The summed E-state index contributed by atoms with van der Waals surface area (Å²) >= 11 is 1.49. The molecule has 5 nitrogen and oxygen atoms in total. The average molecular weight is 292 g/mol. The summed E-state index contributed by atoms with van der Waals surface area (Å²) in [4.78, 5) is 16.3. The van der Waals surface area contributed by atoms with Crippen LogP contribution in [0.2, 0.25) is 0 Å². The fourth-order valence-electron chi connectivity index (χ4n) is 2.13. The van der Waals surface area contributed by atoms with Gasteiger partial charge in [-0.1, -0.05) is 0 Å². The van der Waals surface area contributed by atoms with E-state index in [2.05, 4.69) is 10.3 Å². The lowest BCUT2D eigenvalue weighted by atomic mass is 10.1. The molecule has 1 aliphatic heterocycles. The zero-order valence-electron chi connectivity index (χ0n) is 11.0. The molecule has 20 heavy (non-hydrogen) atoms. The summed E-state index contributed by atoms with van der Waals surface area (Å²) in [5, 5.41) is 5.65. The van der Waals surface area contributed by atoms with Gasteiger partial charge < -0.3 is 14.5 Å². The predicted molar refractivity (Wildman–Crippen MR) is 75.5 cm³/mol. The minimum atomic E-state index is 0.00759. The number of carbonyl (C=O) groups excluding carboxylic acids is 1. The molecule has 0 aliphatic carbocycles. The zero-order valence-corrected chi connectivity index (χ0v) is 11.8. The fourth-order valence-corrected chi connectivity index (χ4v) is 2.92. The van der Waals surface area contributed by atoms with Gasteiger partial charge in [0.15, 0.2) is 10.8 Å². The number of aromatic nitrogens is 1. The number of thiazole rings is 1. The summed E-state index contributed by atoms with van der Waals surface area (Å²) in [6.45, 7) is 2.24. The minimum absolute atomic E-state index is 0.00759. The van der Waals surface area contributed by atoms with Gasteiger partial charge in [0.25, 0.3) is 0 Å². The van der Waals surface area contributed by atoms with E-state index in [1.54, 1.807) is 6.26 Å². The molecule has 3 heterocycles. The number of nitrogens with zero attached hydrogens (tertiary/aromatic N) is 1. The van der Waals surface area contributed by atoms with E-state index >= 15 is 0 Å². The van der Waals surface area contributed by atoms with Crippen LogP contribution in [0, 0.1) is 5.92 Å². The van der Waals surface area contributed by atoms with E-state index in [4.69, 9.17) is 9.15 Å². The van der Waals surface area contributed by atoms with Crippen molar-refractivity contribution < 1.29 is 13.9 Å². The standard InChI is InChI=1S/C14H16N2O3S/c17-13(15-7-10-3-5-18-8-10)6-11-9-20-14(16-11)12-2-1-4-19-12/h1-2,4,9-10H,3,5-8H2,(H,15,17). The Kier molecular flexibility index (Phi) is 4.13. The lowest BCUT2D eigenvalue weighted by Gasteiger charge is -2.08. The van der Waals surface area contributed by atoms with E-state index in [9.17, 15) is 4.79 Å². The van der Waals surface area contributed by atoms with Gasteiger partial charge in [0.2, 0.25) is 5.91 Å². The van der Waals surface area contributed by atoms with Crippen molar-refractivity contribution in [3.8, 4) is 10.8 Å². The molecule has 2 aromatic rings. The molecule has 0 radical (unpaired) electrons. The molecule has 1 saturated heterocycles. The molecule has 0 saturated carbocycles.